The van der Waals surface area contributed by atoms with Crippen molar-refractivity contribution in [3.05, 3.63) is 50.7 Å². The fraction of sp³-hybridized carbons (Fsp3) is 0.400. The maximum atomic E-state index is 5.47. The van der Waals surface area contributed by atoms with Crippen LogP contribution in [0.15, 0.2) is 34.8 Å². The second kappa shape index (κ2) is 5.63. The Morgan fingerprint density at radius 3 is 2.74 bits per heavy atom. The molecule has 0 bridgehead atoms. The first-order valence-corrected chi connectivity index (χ1v) is 7.97. The number of aromatic amines is 1. The molecule has 1 aromatic heterocycles. The molecule has 19 heavy (non-hydrogen) atoms. The number of hydrogen-bond donors (Lipinski definition) is 1. The van der Waals surface area contributed by atoms with Crippen LogP contribution in [-0.2, 0) is 6.54 Å². The molecule has 1 aliphatic carbocycles. The molecular formula is C15H17BrN2S. The summed E-state index contributed by atoms with van der Waals surface area (Å²) < 4.78 is 4.11. The highest BCUT2D eigenvalue weighted by atomic mass is 79.9. The first kappa shape index (κ1) is 13.1. The van der Waals surface area contributed by atoms with E-state index < -0.39 is 0 Å². The molecule has 4 heteroatoms. The van der Waals surface area contributed by atoms with Gasteiger partial charge in [0.1, 0.15) is 4.64 Å². The van der Waals surface area contributed by atoms with Gasteiger partial charge in [-0.25, -0.2) is 0 Å². The molecule has 0 saturated heterocycles. The number of hydrogen-bond acceptors (Lipinski definition) is 1. The minimum absolute atomic E-state index is 0.683. The molecular weight excluding hydrogens is 320 g/mol. The number of nitrogens with one attached hydrogen (secondary N) is 1. The monoisotopic (exact) mass is 336 g/mol. The van der Waals surface area contributed by atoms with Gasteiger partial charge >= 0.3 is 0 Å². The number of aromatic nitrogens is 2. The molecule has 0 spiro atoms. The van der Waals surface area contributed by atoms with Gasteiger partial charge in [-0.3, -0.25) is 4.68 Å². The summed E-state index contributed by atoms with van der Waals surface area (Å²) in [6, 6.07) is 10.4. The molecule has 1 N–H and O–H groups in total. The Balaban J connectivity index is 1.85. The summed E-state index contributed by atoms with van der Waals surface area (Å²) in [5, 5.41) is 3.49. The van der Waals surface area contributed by atoms with Crippen molar-refractivity contribution in [3.8, 4) is 0 Å². The smallest absolute Gasteiger partial charge is 0.122 e. The molecule has 1 aliphatic rings. The zero-order chi connectivity index (χ0) is 13.2. The van der Waals surface area contributed by atoms with Gasteiger partial charge < -0.3 is 5.10 Å². The zero-order valence-corrected chi connectivity index (χ0v) is 13.1. The van der Waals surface area contributed by atoms with Gasteiger partial charge in [-0.15, -0.1) is 0 Å². The summed E-state index contributed by atoms with van der Waals surface area (Å²) in [6.45, 7) is 0.799. The van der Waals surface area contributed by atoms with Crippen LogP contribution in [0.3, 0.4) is 0 Å². The van der Waals surface area contributed by atoms with E-state index in [1.807, 2.05) is 6.07 Å². The molecule has 0 amide bonds. The lowest BCUT2D eigenvalue weighted by atomic mass is 10.1. The van der Waals surface area contributed by atoms with E-state index in [1.165, 1.54) is 36.9 Å². The standard InChI is InChI=1S/C15H17BrN2S/c16-13-8-4-3-7-12(13)10-18-15(19)9-14(17-18)11-5-1-2-6-11/h3-4,7-9,11,17H,1-2,5-6,10H2. The van der Waals surface area contributed by atoms with Crippen LogP contribution in [0.25, 0.3) is 0 Å². The van der Waals surface area contributed by atoms with Crippen LogP contribution in [0.4, 0.5) is 0 Å². The first-order chi connectivity index (χ1) is 9.24. The van der Waals surface area contributed by atoms with E-state index in [2.05, 4.69) is 50.0 Å². The van der Waals surface area contributed by atoms with Gasteiger partial charge in [0.25, 0.3) is 0 Å². The summed E-state index contributed by atoms with van der Waals surface area (Å²) in [6.07, 6.45) is 5.29. The Morgan fingerprint density at radius 1 is 1.26 bits per heavy atom. The average molecular weight is 337 g/mol. The van der Waals surface area contributed by atoms with Crippen LogP contribution in [0, 0.1) is 4.64 Å². The normalized spacial score (nSPS) is 16.1. The van der Waals surface area contributed by atoms with Crippen LogP contribution in [0.5, 0.6) is 0 Å². The van der Waals surface area contributed by atoms with Crippen molar-refractivity contribution >= 4 is 28.1 Å². The molecule has 1 fully saturated rings. The summed E-state index contributed by atoms with van der Waals surface area (Å²) in [7, 11) is 0. The van der Waals surface area contributed by atoms with Crippen LogP contribution in [0.1, 0.15) is 42.9 Å². The lowest BCUT2D eigenvalue weighted by Crippen LogP contribution is -2.04. The van der Waals surface area contributed by atoms with Gasteiger partial charge in [-0.05, 0) is 30.5 Å². The Labute approximate surface area is 127 Å². The van der Waals surface area contributed by atoms with Crippen molar-refractivity contribution in [1.29, 1.82) is 0 Å². The molecule has 0 unspecified atom stereocenters. The largest absolute Gasteiger partial charge is 0.301 e. The highest BCUT2D eigenvalue weighted by molar-refractivity contribution is 9.10. The van der Waals surface area contributed by atoms with E-state index in [9.17, 15) is 0 Å². The minimum Gasteiger partial charge on any atom is -0.301 e. The van der Waals surface area contributed by atoms with E-state index >= 15 is 0 Å². The third-order valence-corrected chi connectivity index (χ3v) is 5.00. The van der Waals surface area contributed by atoms with Crippen molar-refractivity contribution in [2.24, 2.45) is 0 Å². The Kier molecular flexibility index (Phi) is 3.89. The molecule has 0 radical (unpaired) electrons. The summed E-state index contributed by atoms with van der Waals surface area (Å²) in [5.74, 6) is 0.683. The van der Waals surface area contributed by atoms with E-state index in [-0.39, 0.29) is 0 Å². The Hall–Kier alpha value is -0.870. The third kappa shape index (κ3) is 2.84. The lowest BCUT2D eigenvalue weighted by molar-refractivity contribution is 0.624. The fourth-order valence-corrected chi connectivity index (χ4v) is 3.46. The van der Waals surface area contributed by atoms with Gasteiger partial charge in [0.15, 0.2) is 0 Å². The van der Waals surface area contributed by atoms with Gasteiger partial charge in [0, 0.05) is 16.1 Å². The molecule has 2 nitrogen and oxygen atoms in total. The minimum atomic E-state index is 0.683. The first-order valence-electron chi connectivity index (χ1n) is 6.77. The van der Waals surface area contributed by atoms with Crippen molar-refractivity contribution in [3.63, 3.8) is 0 Å². The summed E-state index contributed by atoms with van der Waals surface area (Å²) in [4.78, 5) is 0. The SMILES string of the molecule is S=c1cc(C2CCCC2)[nH]n1Cc1ccccc1Br. The Morgan fingerprint density at radius 2 is 2.00 bits per heavy atom. The molecule has 1 heterocycles. The van der Waals surface area contributed by atoms with Crippen molar-refractivity contribution in [1.82, 2.24) is 9.78 Å². The summed E-state index contributed by atoms with van der Waals surface area (Å²) >= 11 is 9.06. The Bertz CT molecular complexity index is 623. The molecule has 2 aromatic rings. The lowest BCUT2D eigenvalue weighted by Gasteiger charge is -2.08. The number of nitrogens with zero attached hydrogens (tertiary/aromatic N) is 1. The summed E-state index contributed by atoms with van der Waals surface area (Å²) in [5.41, 5.74) is 2.56. The molecule has 1 aromatic carbocycles. The molecule has 100 valence electrons. The third-order valence-electron chi connectivity index (χ3n) is 3.89. The number of H-pyrrole nitrogens is 1. The molecule has 1 saturated carbocycles. The van der Waals surface area contributed by atoms with E-state index in [4.69, 9.17) is 12.2 Å². The number of benzene rings is 1. The number of rotatable bonds is 3. The van der Waals surface area contributed by atoms with Crippen LogP contribution in [0.2, 0.25) is 0 Å². The van der Waals surface area contributed by atoms with Gasteiger partial charge in [-0.1, -0.05) is 59.2 Å². The van der Waals surface area contributed by atoms with Crippen molar-refractivity contribution < 1.29 is 0 Å². The fourth-order valence-electron chi connectivity index (χ4n) is 2.81. The van der Waals surface area contributed by atoms with Gasteiger partial charge in [0.05, 0.1) is 6.54 Å². The highest BCUT2D eigenvalue weighted by Gasteiger charge is 2.19. The number of halogens is 1. The second-order valence-corrected chi connectivity index (χ2v) is 6.48. The van der Waals surface area contributed by atoms with Crippen LogP contribution < -0.4 is 0 Å². The van der Waals surface area contributed by atoms with Crippen LogP contribution in [-0.4, -0.2) is 9.78 Å². The van der Waals surface area contributed by atoms with Crippen LogP contribution >= 0.6 is 28.1 Å². The molecule has 0 atom stereocenters. The highest BCUT2D eigenvalue weighted by Crippen LogP contribution is 2.33. The van der Waals surface area contributed by atoms with E-state index in [0.29, 0.717) is 5.92 Å². The van der Waals surface area contributed by atoms with Crippen molar-refractivity contribution in [2.45, 2.75) is 38.1 Å². The zero-order valence-electron chi connectivity index (χ0n) is 10.7. The molecule has 0 aliphatic heterocycles. The van der Waals surface area contributed by atoms with E-state index in [1.54, 1.807) is 0 Å². The average Bonchev–Trinajstić information content (AvgIpc) is 3.02. The maximum Gasteiger partial charge on any atom is 0.122 e. The van der Waals surface area contributed by atoms with Gasteiger partial charge in [0.2, 0.25) is 0 Å². The van der Waals surface area contributed by atoms with Gasteiger partial charge in [-0.2, -0.15) is 0 Å². The predicted molar refractivity (Wildman–Crippen MR) is 84.1 cm³/mol. The van der Waals surface area contributed by atoms with Crippen molar-refractivity contribution in [2.75, 3.05) is 0 Å². The second-order valence-electron chi connectivity index (χ2n) is 5.21. The molecule has 3 rings (SSSR count). The topological polar surface area (TPSA) is 20.7 Å². The quantitative estimate of drug-likeness (QED) is 0.781. The maximum absolute atomic E-state index is 5.47. The van der Waals surface area contributed by atoms with E-state index in [0.717, 1.165) is 15.7 Å². The predicted octanol–water partition coefficient (Wildman–Crippen LogP) is 5.01.